The number of nitrogens with zero attached hydrogens (tertiary/aromatic N) is 1. The molecule has 0 saturated carbocycles. The maximum absolute atomic E-state index is 14.0. The number of hydrogen-bond donors (Lipinski definition) is 1. The van der Waals surface area contributed by atoms with E-state index in [1.165, 1.54) is 12.1 Å². The molecular weight excluding hydrogens is 444 g/mol. The Morgan fingerprint density at radius 3 is 2.71 bits per heavy atom. The number of amides is 1. The van der Waals surface area contributed by atoms with E-state index in [2.05, 4.69) is 21.2 Å². The van der Waals surface area contributed by atoms with Crippen molar-refractivity contribution < 1.29 is 27.1 Å². The number of carbonyl (C=O) groups is 1. The highest BCUT2D eigenvalue weighted by molar-refractivity contribution is 9.10. The molecule has 0 radical (unpaired) electrons. The van der Waals surface area contributed by atoms with Crippen molar-refractivity contribution in [1.82, 2.24) is 5.32 Å². The maximum Gasteiger partial charge on any atom is 0.471 e. The summed E-state index contributed by atoms with van der Waals surface area (Å²) in [7, 11) is 0. The van der Waals surface area contributed by atoms with E-state index >= 15 is 0 Å². The third kappa shape index (κ3) is 3.32. The molecule has 0 unspecified atom stereocenters. The van der Waals surface area contributed by atoms with Crippen LogP contribution >= 0.6 is 15.9 Å². The monoisotopic (exact) mass is 458 g/mol. The Labute approximate surface area is 166 Å². The molecule has 4 nitrogen and oxygen atoms in total. The molecule has 2 atom stereocenters. The number of piperidine rings is 1. The normalized spacial score (nSPS) is 21.0. The smallest absolute Gasteiger partial charge is 0.455 e. The van der Waals surface area contributed by atoms with Crippen LogP contribution in [-0.4, -0.2) is 24.7 Å². The summed E-state index contributed by atoms with van der Waals surface area (Å²) in [6, 6.07) is 8.08. The Hall–Kier alpha value is -2.29. The van der Waals surface area contributed by atoms with E-state index in [1.807, 2.05) is 4.90 Å². The summed E-state index contributed by atoms with van der Waals surface area (Å²) in [5.41, 5.74) is 1.19. The van der Waals surface area contributed by atoms with E-state index in [0.29, 0.717) is 40.9 Å². The highest BCUT2D eigenvalue weighted by atomic mass is 79.9. The van der Waals surface area contributed by atoms with Crippen LogP contribution in [0.4, 0.5) is 23.2 Å². The topological polar surface area (TPSA) is 41.6 Å². The van der Waals surface area contributed by atoms with E-state index in [4.69, 9.17) is 4.74 Å². The summed E-state index contributed by atoms with van der Waals surface area (Å²) in [5, 5.41) is 2.14. The standard InChI is InChI=1S/C19H15BrF4N2O2/c20-12-8-10(21)9-15-17(12)26-7-3-5-13(25-18(27)19(22,23)24)16(26)11-4-1-2-6-14(11)28-15/h1-2,4,6,8-9,13,16H,3,5,7H2,(H,25,27)/t13-,16+/m1/s1. The minimum Gasteiger partial charge on any atom is -0.455 e. The number of para-hydroxylation sites is 1. The summed E-state index contributed by atoms with van der Waals surface area (Å²) in [4.78, 5) is 13.5. The molecule has 148 valence electrons. The molecule has 2 heterocycles. The lowest BCUT2D eigenvalue weighted by Gasteiger charge is -2.42. The summed E-state index contributed by atoms with van der Waals surface area (Å²) in [6.07, 6.45) is -4.03. The molecule has 1 N–H and O–H groups in total. The van der Waals surface area contributed by atoms with Crippen LogP contribution in [0.3, 0.4) is 0 Å². The minimum atomic E-state index is -4.97. The van der Waals surface area contributed by atoms with Crippen molar-refractivity contribution in [2.75, 3.05) is 11.4 Å². The van der Waals surface area contributed by atoms with Crippen molar-refractivity contribution in [3.05, 3.63) is 52.3 Å². The van der Waals surface area contributed by atoms with Crippen molar-refractivity contribution in [1.29, 1.82) is 0 Å². The molecule has 0 aromatic heterocycles. The molecule has 2 aromatic rings. The zero-order valence-electron chi connectivity index (χ0n) is 14.4. The minimum absolute atomic E-state index is 0.268. The molecule has 1 amide bonds. The van der Waals surface area contributed by atoms with Crippen LogP contribution in [0, 0.1) is 5.82 Å². The number of rotatable bonds is 1. The first-order valence-corrected chi connectivity index (χ1v) is 9.45. The van der Waals surface area contributed by atoms with Crippen LogP contribution in [0.25, 0.3) is 0 Å². The maximum atomic E-state index is 14.0. The van der Waals surface area contributed by atoms with E-state index in [1.54, 1.807) is 24.3 Å². The number of fused-ring (bicyclic) bond motifs is 5. The quantitative estimate of drug-likeness (QED) is 0.605. The molecule has 1 fully saturated rings. The van der Waals surface area contributed by atoms with E-state index in [-0.39, 0.29) is 5.75 Å². The Morgan fingerprint density at radius 2 is 1.96 bits per heavy atom. The number of anilines is 1. The second kappa shape index (κ2) is 6.95. The van der Waals surface area contributed by atoms with Gasteiger partial charge in [0.15, 0.2) is 5.75 Å². The molecule has 4 rings (SSSR count). The largest absolute Gasteiger partial charge is 0.471 e. The van der Waals surface area contributed by atoms with Gasteiger partial charge in [0.05, 0.1) is 17.8 Å². The number of ether oxygens (including phenoxy) is 1. The number of halogens is 5. The summed E-state index contributed by atoms with van der Waals surface area (Å²) >= 11 is 3.35. The molecule has 2 aromatic carbocycles. The van der Waals surface area contributed by atoms with E-state index in [0.717, 1.165) is 0 Å². The molecule has 28 heavy (non-hydrogen) atoms. The van der Waals surface area contributed by atoms with Crippen molar-refractivity contribution in [3.63, 3.8) is 0 Å². The van der Waals surface area contributed by atoms with Gasteiger partial charge in [0, 0.05) is 22.6 Å². The number of alkyl halides is 3. The Bertz CT molecular complexity index is 935. The number of nitrogens with one attached hydrogen (secondary N) is 1. The first kappa shape index (κ1) is 19.0. The second-order valence-corrected chi connectivity index (χ2v) is 7.59. The van der Waals surface area contributed by atoms with Gasteiger partial charge >= 0.3 is 12.1 Å². The van der Waals surface area contributed by atoms with E-state index < -0.39 is 30.0 Å². The van der Waals surface area contributed by atoms with Gasteiger partial charge in [-0.25, -0.2) is 4.39 Å². The first-order chi connectivity index (χ1) is 13.3. The van der Waals surface area contributed by atoms with Gasteiger partial charge in [-0.3, -0.25) is 4.79 Å². The number of hydrogen-bond acceptors (Lipinski definition) is 3. The fourth-order valence-corrected chi connectivity index (χ4v) is 4.51. The van der Waals surface area contributed by atoms with Crippen LogP contribution in [0.1, 0.15) is 24.4 Å². The van der Waals surface area contributed by atoms with Crippen LogP contribution in [0.5, 0.6) is 11.5 Å². The molecule has 9 heteroatoms. The molecule has 2 aliphatic heterocycles. The van der Waals surface area contributed by atoms with Crippen molar-refractivity contribution in [3.8, 4) is 11.5 Å². The van der Waals surface area contributed by atoms with Gasteiger partial charge in [-0.1, -0.05) is 18.2 Å². The summed E-state index contributed by atoms with van der Waals surface area (Å²) in [5.74, 6) is -1.78. The lowest BCUT2D eigenvalue weighted by molar-refractivity contribution is -0.174. The van der Waals surface area contributed by atoms with Gasteiger partial charge in [0.2, 0.25) is 0 Å². The molecule has 0 aliphatic carbocycles. The van der Waals surface area contributed by atoms with Crippen LogP contribution in [0.15, 0.2) is 40.9 Å². The molecular formula is C19H15BrF4N2O2. The predicted octanol–water partition coefficient (Wildman–Crippen LogP) is 5.08. The average Bonchev–Trinajstić information content (AvgIpc) is 2.75. The fourth-order valence-electron chi connectivity index (χ4n) is 3.87. The third-order valence-corrected chi connectivity index (χ3v) is 5.55. The third-order valence-electron chi connectivity index (χ3n) is 4.94. The van der Waals surface area contributed by atoms with Gasteiger partial charge in [-0.05, 0) is 40.9 Å². The van der Waals surface area contributed by atoms with Gasteiger partial charge in [0.25, 0.3) is 0 Å². The van der Waals surface area contributed by atoms with Crippen LogP contribution in [-0.2, 0) is 4.79 Å². The Balaban J connectivity index is 1.84. The Morgan fingerprint density at radius 1 is 1.21 bits per heavy atom. The van der Waals surface area contributed by atoms with Gasteiger partial charge in [-0.2, -0.15) is 13.2 Å². The molecule has 0 spiro atoms. The lowest BCUT2D eigenvalue weighted by atomic mass is 9.89. The molecule has 0 bridgehead atoms. The highest BCUT2D eigenvalue weighted by Crippen LogP contribution is 2.50. The van der Waals surface area contributed by atoms with E-state index in [9.17, 15) is 22.4 Å². The zero-order valence-corrected chi connectivity index (χ0v) is 16.0. The summed E-state index contributed by atoms with van der Waals surface area (Å²) in [6.45, 7) is 0.526. The van der Waals surface area contributed by atoms with Crippen molar-refractivity contribution in [2.45, 2.75) is 31.1 Å². The zero-order chi connectivity index (χ0) is 20.1. The predicted molar refractivity (Wildman–Crippen MR) is 97.9 cm³/mol. The highest BCUT2D eigenvalue weighted by Gasteiger charge is 2.44. The van der Waals surface area contributed by atoms with Crippen molar-refractivity contribution >= 4 is 27.5 Å². The van der Waals surface area contributed by atoms with Gasteiger partial charge < -0.3 is 15.0 Å². The van der Waals surface area contributed by atoms with Gasteiger partial charge in [-0.15, -0.1) is 0 Å². The number of carbonyl (C=O) groups excluding carboxylic acids is 1. The first-order valence-electron chi connectivity index (χ1n) is 8.66. The SMILES string of the molecule is O=C(N[C@@H]1CCCN2c3c(Br)cc(F)cc3Oc3ccccc3[C@@H]12)C(F)(F)F. The van der Waals surface area contributed by atoms with Crippen LogP contribution < -0.4 is 15.0 Å². The molecule has 2 aliphatic rings. The lowest BCUT2D eigenvalue weighted by Crippen LogP contribution is -2.52. The second-order valence-electron chi connectivity index (χ2n) is 6.73. The average molecular weight is 459 g/mol. The molecule has 1 saturated heterocycles. The summed E-state index contributed by atoms with van der Waals surface area (Å²) < 4.78 is 58.9. The van der Waals surface area contributed by atoms with Crippen LogP contribution in [0.2, 0.25) is 0 Å². The Kier molecular flexibility index (Phi) is 4.73. The fraction of sp³-hybridized carbons (Fsp3) is 0.316. The van der Waals surface area contributed by atoms with Crippen molar-refractivity contribution in [2.24, 2.45) is 0 Å². The number of benzene rings is 2. The van der Waals surface area contributed by atoms with Gasteiger partial charge in [0.1, 0.15) is 11.6 Å².